The first kappa shape index (κ1) is 18.5. The lowest BCUT2D eigenvalue weighted by Crippen LogP contribution is -1.93. The largest absolute Gasteiger partial charge is 0.508 e. The van der Waals surface area contributed by atoms with Crippen LogP contribution in [0.2, 0.25) is 0 Å². The maximum atomic E-state index is 9.91. The third kappa shape index (κ3) is 4.57. The second-order valence-electron chi connectivity index (χ2n) is 6.24. The minimum atomic E-state index is -0.280. The number of hydrogen-bond acceptors (Lipinski definition) is 4. The van der Waals surface area contributed by atoms with Crippen LogP contribution in [0.15, 0.2) is 35.9 Å². The molecule has 0 heterocycles. The van der Waals surface area contributed by atoms with E-state index >= 15 is 0 Å². The lowest BCUT2D eigenvalue weighted by Gasteiger charge is -2.10. The van der Waals surface area contributed by atoms with E-state index in [0.29, 0.717) is 5.56 Å². The molecule has 0 aromatic heterocycles. The quantitative estimate of drug-likeness (QED) is 0.415. The maximum Gasteiger partial charge on any atom is 0.200 e. The smallest absolute Gasteiger partial charge is 0.200 e. The number of phenolic OH excluding ortho intramolecular Hbond substituents is 3. The third-order valence-electron chi connectivity index (χ3n) is 3.96. The van der Waals surface area contributed by atoms with Gasteiger partial charge in [-0.15, -0.1) is 0 Å². The lowest BCUT2D eigenvalue weighted by molar-refractivity contribution is 0.351. The van der Waals surface area contributed by atoms with Gasteiger partial charge in [-0.2, -0.15) is 0 Å². The van der Waals surface area contributed by atoms with Crippen molar-refractivity contribution in [3.05, 3.63) is 58.2 Å². The molecule has 0 atom stereocenters. The molecule has 0 spiro atoms. The Balaban J connectivity index is 2.44. The van der Waals surface area contributed by atoms with Crippen LogP contribution in [0.1, 0.15) is 36.1 Å². The first-order valence-corrected chi connectivity index (χ1v) is 8.05. The van der Waals surface area contributed by atoms with E-state index in [1.165, 1.54) is 18.7 Å². The van der Waals surface area contributed by atoms with Crippen LogP contribution in [-0.4, -0.2) is 22.4 Å². The summed E-state index contributed by atoms with van der Waals surface area (Å²) in [6, 6.07) is 6.56. The Morgan fingerprint density at radius 3 is 2.40 bits per heavy atom. The Hall–Kier alpha value is -2.88. The summed E-state index contributed by atoms with van der Waals surface area (Å²) >= 11 is 0. The van der Waals surface area contributed by atoms with Crippen molar-refractivity contribution in [1.82, 2.24) is 0 Å². The van der Waals surface area contributed by atoms with Crippen molar-refractivity contribution in [3.8, 4) is 23.0 Å². The molecule has 25 heavy (non-hydrogen) atoms. The Kier molecular flexibility index (Phi) is 5.75. The van der Waals surface area contributed by atoms with Crippen LogP contribution < -0.4 is 4.74 Å². The van der Waals surface area contributed by atoms with Crippen LogP contribution in [0.25, 0.3) is 12.2 Å². The zero-order valence-electron chi connectivity index (χ0n) is 15.0. The van der Waals surface area contributed by atoms with Crippen molar-refractivity contribution in [1.29, 1.82) is 0 Å². The van der Waals surface area contributed by atoms with Gasteiger partial charge in [0.1, 0.15) is 5.75 Å². The molecule has 2 aromatic rings. The van der Waals surface area contributed by atoms with Crippen LogP contribution in [0.5, 0.6) is 23.0 Å². The highest BCUT2D eigenvalue weighted by atomic mass is 16.5. The highest BCUT2D eigenvalue weighted by molar-refractivity contribution is 5.74. The van der Waals surface area contributed by atoms with E-state index in [2.05, 4.69) is 19.9 Å². The highest BCUT2D eigenvalue weighted by Crippen LogP contribution is 2.37. The molecule has 2 rings (SSSR count). The van der Waals surface area contributed by atoms with E-state index in [0.717, 1.165) is 23.1 Å². The monoisotopic (exact) mass is 340 g/mol. The number of hydrogen-bond donors (Lipinski definition) is 3. The first-order chi connectivity index (χ1) is 11.8. The van der Waals surface area contributed by atoms with Crippen molar-refractivity contribution in [2.45, 2.75) is 27.2 Å². The number of allylic oxidation sites excluding steroid dienone is 2. The Labute approximate surface area is 148 Å². The van der Waals surface area contributed by atoms with Crippen LogP contribution >= 0.6 is 0 Å². The van der Waals surface area contributed by atoms with Gasteiger partial charge in [-0.25, -0.2) is 0 Å². The van der Waals surface area contributed by atoms with E-state index in [1.54, 1.807) is 18.2 Å². The fourth-order valence-electron chi connectivity index (χ4n) is 2.61. The average molecular weight is 340 g/mol. The van der Waals surface area contributed by atoms with Gasteiger partial charge in [0.2, 0.25) is 5.75 Å². The molecule has 3 N–H and O–H groups in total. The molecular weight excluding hydrogens is 316 g/mol. The molecule has 0 aliphatic carbocycles. The minimum Gasteiger partial charge on any atom is -0.508 e. The van der Waals surface area contributed by atoms with E-state index in [-0.39, 0.29) is 23.0 Å². The van der Waals surface area contributed by atoms with E-state index in [1.807, 2.05) is 19.1 Å². The summed E-state index contributed by atoms with van der Waals surface area (Å²) in [7, 11) is 1.43. The fraction of sp³-hybridized carbons (Fsp3) is 0.238. The molecule has 4 heteroatoms. The fourth-order valence-corrected chi connectivity index (χ4v) is 2.61. The molecular formula is C21H24O4. The minimum absolute atomic E-state index is 0.205. The average Bonchev–Trinajstić information content (AvgIpc) is 2.54. The van der Waals surface area contributed by atoms with E-state index < -0.39 is 0 Å². The maximum absolute atomic E-state index is 9.91. The predicted octanol–water partition coefficient (Wildman–Crippen LogP) is 4.80. The first-order valence-electron chi connectivity index (χ1n) is 8.05. The van der Waals surface area contributed by atoms with Crippen LogP contribution in [0, 0.1) is 6.92 Å². The Morgan fingerprint density at radius 1 is 1.04 bits per heavy atom. The molecule has 0 saturated heterocycles. The van der Waals surface area contributed by atoms with Gasteiger partial charge in [-0.1, -0.05) is 23.8 Å². The molecule has 0 aliphatic rings. The normalized spacial score (nSPS) is 10.9. The topological polar surface area (TPSA) is 69.9 Å². The number of phenols is 3. The molecule has 0 fully saturated rings. The van der Waals surface area contributed by atoms with Gasteiger partial charge in [0.15, 0.2) is 11.5 Å². The van der Waals surface area contributed by atoms with Gasteiger partial charge in [0, 0.05) is 0 Å². The van der Waals surface area contributed by atoms with Gasteiger partial charge < -0.3 is 20.1 Å². The standard InChI is InChI=1S/C21H24O4/c1-13(2)5-8-18-14(3)9-17(22)12-16(18)7-6-15-10-19(23)21(24)20(11-15)25-4/h5-7,9-12,22-24H,8H2,1-4H3/b7-6+. The summed E-state index contributed by atoms with van der Waals surface area (Å²) < 4.78 is 5.05. The molecule has 0 saturated carbocycles. The van der Waals surface area contributed by atoms with Crippen LogP contribution in [0.3, 0.4) is 0 Å². The molecule has 0 unspecified atom stereocenters. The van der Waals surface area contributed by atoms with Crippen molar-refractivity contribution < 1.29 is 20.1 Å². The summed E-state index contributed by atoms with van der Waals surface area (Å²) in [6.45, 7) is 6.08. The van der Waals surface area contributed by atoms with Gasteiger partial charge in [0.05, 0.1) is 7.11 Å². The molecule has 0 bridgehead atoms. The molecule has 0 amide bonds. The van der Waals surface area contributed by atoms with E-state index in [9.17, 15) is 15.3 Å². The van der Waals surface area contributed by atoms with Crippen molar-refractivity contribution in [3.63, 3.8) is 0 Å². The van der Waals surface area contributed by atoms with E-state index in [4.69, 9.17) is 4.74 Å². The van der Waals surface area contributed by atoms with Gasteiger partial charge in [-0.05, 0) is 73.7 Å². The zero-order chi connectivity index (χ0) is 18.6. The third-order valence-corrected chi connectivity index (χ3v) is 3.96. The number of rotatable bonds is 5. The number of methoxy groups -OCH3 is 1. The number of ether oxygens (including phenoxy) is 1. The highest BCUT2D eigenvalue weighted by Gasteiger charge is 2.09. The molecule has 2 aromatic carbocycles. The lowest BCUT2D eigenvalue weighted by atomic mass is 9.96. The van der Waals surface area contributed by atoms with Crippen LogP contribution in [-0.2, 0) is 6.42 Å². The van der Waals surface area contributed by atoms with Crippen molar-refractivity contribution >= 4 is 12.2 Å². The van der Waals surface area contributed by atoms with Crippen molar-refractivity contribution in [2.75, 3.05) is 7.11 Å². The van der Waals surface area contributed by atoms with Crippen LogP contribution in [0.4, 0.5) is 0 Å². The van der Waals surface area contributed by atoms with Gasteiger partial charge >= 0.3 is 0 Å². The van der Waals surface area contributed by atoms with Crippen molar-refractivity contribution in [2.24, 2.45) is 0 Å². The van der Waals surface area contributed by atoms with Gasteiger partial charge in [0.25, 0.3) is 0 Å². The summed E-state index contributed by atoms with van der Waals surface area (Å²) in [4.78, 5) is 0. The molecule has 0 aliphatic heterocycles. The number of aryl methyl sites for hydroxylation is 1. The Bertz CT molecular complexity index is 828. The predicted molar refractivity (Wildman–Crippen MR) is 101 cm³/mol. The summed E-state index contributed by atoms with van der Waals surface area (Å²) in [6.07, 6.45) is 6.61. The molecule has 0 radical (unpaired) electrons. The second-order valence-corrected chi connectivity index (χ2v) is 6.24. The SMILES string of the molecule is COc1cc(/C=C/c2cc(O)cc(C)c2CC=C(C)C)cc(O)c1O. The number of benzene rings is 2. The summed E-state index contributed by atoms with van der Waals surface area (Å²) in [5, 5.41) is 29.4. The molecule has 132 valence electrons. The summed E-state index contributed by atoms with van der Waals surface area (Å²) in [5.74, 6) is -0.103. The number of aromatic hydroxyl groups is 3. The summed E-state index contributed by atoms with van der Waals surface area (Å²) in [5.41, 5.74) is 4.96. The van der Waals surface area contributed by atoms with Gasteiger partial charge in [-0.3, -0.25) is 0 Å². The molecule has 4 nitrogen and oxygen atoms in total. The Morgan fingerprint density at radius 2 is 1.76 bits per heavy atom. The second kappa shape index (κ2) is 7.79. The zero-order valence-corrected chi connectivity index (χ0v) is 15.0.